The van der Waals surface area contributed by atoms with Gasteiger partial charge in [-0.3, -0.25) is 0 Å². The normalized spacial score (nSPS) is 12.4. The summed E-state index contributed by atoms with van der Waals surface area (Å²) in [5, 5.41) is 9.09. The van der Waals surface area contributed by atoms with Gasteiger partial charge in [0.05, 0.1) is 17.7 Å². The van der Waals surface area contributed by atoms with E-state index in [2.05, 4.69) is 4.72 Å². The lowest BCUT2D eigenvalue weighted by molar-refractivity contribution is 0.163. The number of nitrogen functional groups attached to an aromatic ring is 1. The number of hydrogen-bond acceptors (Lipinski definition) is 5. The molecule has 4 N–H and O–H groups in total. The van der Waals surface area contributed by atoms with E-state index in [0.29, 0.717) is 0 Å². The number of anilines is 1. The third-order valence-corrected chi connectivity index (χ3v) is 4.11. The number of rotatable bonds is 6. The van der Waals surface area contributed by atoms with Crippen LogP contribution in [0.5, 0.6) is 5.75 Å². The zero-order valence-electron chi connectivity index (χ0n) is 11.6. The Balaban J connectivity index is 3.05. The van der Waals surface area contributed by atoms with Gasteiger partial charge in [-0.25, -0.2) is 17.5 Å². The molecular weight excluding hydrogens is 287 g/mol. The Morgan fingerprint density at radius 3 is 2.50 bits per heavy atom. The molecule has 0 spiro atoms. The molecule has 0 saturated carbocycles. The van der Waals surface area contributed by atoms with Crippen LogP contribution in [0.1, 0.15) is 13.8 Å². The van der Waals surface area contributed by atoms with Crippen LogP contribution in [0.3, 0.4) is 0 Å². The summed E-state index contributed by atoms with van der Waals surface area (Å²) >= 11 is 0. The Morgan fingerprint density at radius 1 is 1.45 bits per heavy atom. The third-order valence-electron chi connectivity index (χ3n) is 2.73. The van der Waals surface area contributed by atoms with Crippen LogP contribution in [0.2, 0.25) is 0 Å². The average Bonchev–Trinajstić information content (AvgIpc) is 2.36. The minimum atomic E-state index is -3.91. The number of nitrogens with one attached hydrogen (secondary N) is 1. The third kappa shape index (κ3) is 3.81. The molecule has 1 aromatic rings. The fourth-order valence-electron chi connectivity index (χ4n) is 1.39. The van der Waals surface area contributed by atoms with Crippen LogP contribution in [0, 0.1) is 11.2 Å². The molecule has 0 bridgehead atoms. The molecule has 0 unspecified atom stereocenters. The first-order valence-electron chi connectivity index (χ1n) is 5.86. The number of benzene rings is 1. The van der Waals surface area contributed by atoms with Gasteiger partial charge in [-0.2, -0.15) is 0 Å². The van der Waals surface area contributed by atoms with Crippen LogP contribution in [0.15, 0.2) is 17.0 Å². The van der Waals surface area contributed by atoms with E-state index in [4.69, 9.17) is 15.6 Å². The second-order valence-electron chi connectivity index (χ2n) is 5.17. The topological polar surface area (TPSA) is 102 Å². The molecule has 0 aliphatic heterocycles. The summed E-state index contributed by atoms with van der Waals surface area (Å²) in [6.07, 6.45) is 0. The standard InChI is InChI=1S/C12H19FN2O4S/c1-12(2,7-16)6-15-20(17,18)8-4-9(13)11(19-3)10(14)5-8/h4-5,15-16H,6-7,14H2,1-3H3. The van der Waals surface area contributed by atoms with Crippen LogP contribution in [-0.2, 0) is 10.0 Å². The van der Waals surface area contributed by atoms with E-state index in [9.17, 15) is 12.8 Å². The largest absolute Gasteiger partial charge is 0.492 e. The molecule has 0 aromatic heterocycles. The quantitative estimate of drug-likeness (QED) is 0.672. The number of ether oxygens (including phenoxy) is 1. The highest BCUT2D eigenvalue weighted by atomic mass is 32.2. The number of aliphatic hydroxyl groups is 1. The Morgan fingerprint density at radius 2 is 2.05 bits per heavy atom. The molecule has 0 aliphatic rings. The molecule has 114 valence electrons. The van der Waals surface area contributed by atoms with Crippen molar-refractivity contribution in [1.29, 1.82) is 0 Å². The van der Waals surface area contributed by atoms with E-state index in [1.165, 1.54) is 7.11 Å². The van der Waals surface area contributed by atoms with Gasteiger partial charge in [0.25, 0.3) is 0 Å². The molecule has 0 saturated heterocycles. The van der Waals surface area contributed by atoms with Crippen molar-refractivity contribution in [1.82, 2.24) is 4.72 Å². The molecule has 0 atom stereocenters. The Kier molecular flexibility index (Phi) is 4.95. The van der Waals surface area contributed by atoms with E-state index in [1.807, 2.05) is 0 Å². The van der Waals surface area contributed by atoms with E-state index in [0.717, 1.165) is 12.1 Å². The lowest BCUT2D eigenvalue weighted by Gasteiger charge is -2.22. The molecule has 0 amide bonds. The Labute approximate surface area is 117 Å². The van der Waals surface area contributed by atoms with Gasteiger partial charge in [-0.05, 0) is 12.1 Å². The number of sulfonamides is 1. The van der Waals surface area contributed by atoms with Gasteiger partial charge in [0.15, 0.2) is 11.6 Å². The summed E-state index contributed by atoms with van der Waals surface area (Å²) in [6.45, 7) is 3.21. The monoisotopic (exact) mass is 306 g/mol. The summed E-state index contributed by atoms with van der Waals surface area (Å²) in [6, 6.07) is 1.96. The van der Waals surface area contributed by atoms with Crippen molar-refractivity contribution < 1.29 is 22.7 Å². The number of hydrogen-bond donors (Lipinski definition) is 3. The fourth-order valence-corrected chi connectivity index (χ4v) is 2.68. The highest BCUT2D eigenvalue weighted by Gasteiger charge is 2.23. The van der Waals surface area contributed by atoms with Gasteiger partial charge >= 0.3 is 0 Å². The predicted octanol–water partition coefficient (Wildman–Crippen LogP) is 0.713. The van der Waals surface area contributed by atoms with Gasteiger partial charge in [0.1, 0.15) is 0 Å². The Bertz CT molecular complexity index is 564. The smallest absolute Gasteiger partial charge is 0.240 e. The van der Waals surface area contributed by atoms with Crippen LogP contribution < -0.4 is 15.2 Å². The summed E-state index contributed by atoms with van der Waals surface area (Å²) in [5.41, 5.74) is 4.82. The van der Waals surface area contributed by atoms with Crippen molar-refractivity contribution in [2.24, 2.45) is 5.41 Å². The van der Waals surface area contributed by atoms with Crippen LogP contribution in [-0.4, -0.2) is 33.8 Å². The average molecular weight is 306 g/mol. The van der Waals surface area contributed by atoms with Gasteiger partial charge in [-0.1, -0.05) is 13.8 Å². The van der Waals surface area contributed by atoms with Crippen molar-refractivity contribution in [2.75, 3.05) is 26.0 Å². The number of halogens is 1. The highest BCUT2D eigenvalue weighted by Crippen LogP contribution is 2.28. The summed E-state index contributed by atoms with van der Waals surface area (Å²) in [7, 11) is -2.67. The first kappa shape index (κ1) is 16.7. The van der Waals surface area contributed by atoms with Crippen molar-refractivity contribution in [3.8, 4) is 5.75 Å². The molecule has 0 fully saturated rings. The molecule has 20 heavy (non-hydrogen) atoms. The van der Waals surface area contributed by atoms with Crippen molar-refractivity contribution in [3.63, 3.8) is 0 Å². The fraction of sp³-hybridized carbons (Fsp3) is 0.500. The van der Waals surface area contributed by atoms with Crippen molar-refractivity contribution in [3.05, 3.63) is 17.9 Å². The van der Waals surface area contributed by atoms with Crippen LogP contribution in [0.25, 0.3) is 0 Å². The summed E-state index contributed by atoms with van der Waals surface area (Å²) in [4.78, 5) is -0.290. The van der Waals surface area contributed by atoms with Crippen molar-refractivity contribution >= 4 is 15.7 Å². The van der Waals surface area contributed by atoms with Gasteiger partial charge in [-0.15, -0.1) is 0 Å². The Hall–Kier alpha value is -1.38. The van der Waals surface area contributed by atoms with E-state index in [-0.39, 0.29) is 29.5 Å². The van der Waals surface area contributed by atoms with Crippen LogP contribution in [0.4, 0.5) is 10.1 Å². The van der Waals surface area contributed by atoms with E-state index >= 15 is 0 Å². The first-order chi connectivity index (χ1) is 9.13. The van der Waals surface area contributed by atoms with Gasteiger partial charge < -0.3 is 15.6 Å². The minimum absolute atomic E-state index is 0.0133. The minimum Gasteiger partial charge on any atom is -0.492 e. The maximum absolute atomic E-state index is 13.6. The zero-order chi connectivity index (χ0) is 15.6. The highest BCUT2D eigenvalue weighted by molar-refractivity contribution is 7.89. The number of methoxy groups -OCH3 is 1. The first-order valence-corrected chi connectivity index (χ1v) is 7.35. The van der Waals surface area contributed by atoms with Gasteiger partial charge in [0.2, 0.25) is 10.0 Å². The van der Waals surface area contributed by atoms with E-state index in [1.54, 1.807) is 13.8 Å². The SMILES string of the molecule is COc1c(N)cc(S(=O)(=O)NCC(C)(C)CO)cc1F. The molecule has 0 heterocycles. The molecule has 1 aromatic carbocycles. The second kappa shape index (κ2) is 5.94. The molecule has 8 heteroatoms. The summed E-state index contributed by atoms with van der Waals surface area (Å²) in [5.74, 6) is -1.05. The molecule has 0 aliphatic carbocycles. The maximum atomic E-state index is 13.6. The molecule has 0 radical (unpaired) electrons. The predicted molar refractivity (Wildman–Crippen MR) is 73.4 cm³/mol. The lowest BCUT2D eigenvalue weighted by Crippen LogP contribution is -2.36. The van der Waals surface area contributed by atoms with Crippen LogP contribution >= 0.6 is 0 Å². The molecular formula is C12H19FN2O4S. The molecule has 1 rings (SSSR count). The van der Waals surface area contributed by atoms with E-state index < -0.39 is 21.3 Å². The maximum Gasteiger partial charge on any atom is 0.240 e. The zero-order valence-corrected chi connectivity index (χ0v) is 12.4. The second-order valence-corrected chi connectivity index (χ2v) is 6.94. The lowest BCUT2D eigenvalue weighted by atomic mass is 9.96. The number of nitrogens with two attached hydrogens (primary N) is 1. The van der Waals surface area contributed by atoms with Crippen molar-refractivity contribution in [2.45, 2.75) is 18.7 Å². The molecule has 6 nitrogen and oxygen atoms in total. The van der Waals surface area contributed by atoms with Gasteiger partial charge in [0, 0.05) is 18.6 Å². The number of aliphatic hydroxyl groups excluding tert-OH is 1. The summed E-state index contributed by atoms with van der Waals surface area (Å²) < 4.78 is 44.8.